The Hall–Kier alpha value is -0.650. The highest BCUT2D eigenvalue weighted by atomic mass is 16.5. The molecule has 66 valence electrons. The Morgan fingerprint density at radius 1 is 1.45 bits per heavy atom. The molecule has 0 saturated heterocycles. The summed E-state index contributed by atoms with van der Waals surface area (Å²) in [6.07, 6.45) is -1.31. The maximum atomic E-state index is 10.6. The van der Waals surface area contributed by atoms with Crippen molar-refractivity contribution in [2.75, 3.05) is 19.8 Å². The summed E-state index contributed by atoms with van der Waals surface area (Å²) in [5.74, 6) is -0.624. The van der Waals surface area contributed by atoms with E-state index in [1.807, 2.05) is 0 Å². The predicted octanol–water partition coefficient (Wildman–Crippen LogP) is -1.73. The molecule has 1 unspecified atom stereocenters. The summed E-state index contributed by atoms with van der Waals surface area (Å²) < 4.78 is 4.40. The van der Waals surface area contributed by atoms with E-state index in [0.717, 1.165) is 0 Å². The van der Waals surface area contributed by atoms with Crippen LogP contribution in [0.5, 0.6) is 0 Å². The van der Waals surface area contributed by atoms with Gasteiger partial charge in [0.2, 0.25) is 0 Å². The van der Waals surface area contributed by atoms with Crippen molar-refractivity contribution in [3.8, 4) is 0 Å². The minimum Gasteiger partial charge on any atom is -0.463 e. The summed E-state index contributed by atoms with van der Waals surface area (Å²) in [5.41, 5.74) is 0. The number of aliphatic hydroxyl groups is 3. The molecule has 0 aliphatic carbocycles. The second-order valence-electron chi connectivity index (χ2n) is 1.98. The van der Waals surface area contributed by atoms with Crippen molar-refractivity contribution in [2.45, 2.75) is 12.5 Å². The number of carbonyl (C=O) groups excluding carboxylic acids is 1. The molecule has 0 rings (SSSR count). The lowest BCUT2D eigenvalue weighted by molar-refractivity contribution is -0.147. The van der Waals surface area contributed by atoms with Crippen LogP contribution in [0.3, 0.4) is 0 Å². The van der Waals surface area contributed by atoms with Gasteiger partial charge in [-0.15, -0.1) is 0 Å². The van der Waals surface area contributed by atoms with Crippen molar-refractivity contribution in [1.29, 1.82) is 0 Å². The number of hydrogen-bond donors (Lipinski definition) is 3. The van der Waals surface area contributed by atoms with E-state index in [4.69, 9.17) is 15.3 Å². The van der Waals surface area contributed by atoms with Gasteiger partial charge in [0.05, 0.1) is 25.7 Å². The number of esters is 1. The third-order valence-electron chi connectivity index (χ3n) is 0.967. The molecule has 11 heavy (non-hydrogen) atoms. The molecule has 3 N–H and O–H groups in total. The van der Waals surface area contributed by atoms with E-state index in [2.05, 4.69) is 4.74 Å². The average molecular weight is 164 g/mol. The minimum absolute atomic E-state index is 0.0724. The Kier molecular flexibility index (Phi) is 5.73. The molecular formula is C6H12O5. The predicted molar refractivity (Wildman–Crippen MR) is 35.8 cm³/mol. The van der Waals surface area contributed by atoms with Gasteiger partial charge in [-0.2, -0.15) is 0 Å². The second-order valence-corrected chi connectivity index (χ2v) is 1.98. The number of aliphatic hydroxyl groups excluding tert-OH is 3. The molecule has 0 aromatic heterocycles. The first-order valence-corrected chi connectivity index (χ1v) is 3.26. The molecule has 5 heteroatoms. The maximum Gasteiger partial charge on any atom is 0.308 e. The Bertz CT molecular complexity index is 114. The van der Waals surface area contributed by atoms with Gasteiger partial charge in [-0.05, 0) is 0 Å². The molecule has 5 nitrogen and oxygen atoms in total. The van der Waals surface area contributed by atoms with Gasteiger partial charge in [0.25, 0.3) is 0 Å². The molecule has 0 spiro atoms. The van der Waals surface area contributed by atoms with Crippen LogP contribution in [0.25, 0.3) is 0 Å². The Labute approximate surface area is 64.2 Å². The van der Waals surface area contributed by atoms with Crippen LogP contribution in [0, 0.1) is 0 Å². The number of rotatable bonds is 5. The first-order valence-electron chi connectivity index (χ1n) is 3.26. The third-order valence-corrected chi connectivity index (χ3v) is 0.967. The highest BCUT2D eigenvalue weighted by Gasteiger charge is 2.09. The SMILES string of the molecule is O=C(CC(O)CO)OCCO. The molecule has 0 aliphatic rings. The van der Waals surface area contributed by atoms with Crippen molar-refractivity contribution in [3.63, 3.8) is 0 Å². The lowest BCUT2D eigenvalue weighted by Gasteiger charge is -2.05. The van der Waals surface area contributed by atoms with Crippen molar-refractivity contribution < 1.29 is 24.9 Å². The second kappa shape index (κ2) is 6.09. The smallest absolute Gasteiger partial charge is 0.308 e. The zero-order chi connectivity index (χ0) is 8.69. The molecule has 0 aromatic carbocycles. The largest absolute Gasteiger partial charge is 0.463 e. The number of ether oxygens (including phenoxy) is 1. The first-order chi connectivity index (χ1) is 5.20. The van der Waals surface area contributed by atoms with E-state index >= 15 is 0 Å². The third kappa shape index (κ3) is 5.78. The van der Waals surface area contributed by atoms with Gasteiger partial charge >= 0.3 is 5.97 Å². The van der Waals surface area contributed by atoms with Crippen LogP contribution in [-0.4, -0.2) is 47.2 Å². The highest BCUT2D eigenvalue weighted by molar-refractivity contribution is 5.69. The van der Waals surface area contributed by atoms with Gasteiger partial charge < -0.3 is 20.1 Å². The number of hydrogen-bond acceptors (Lipinski definition) is 5. The molecule has 0 bridgehead atoms. The molecule has 0 heterocycles. The molecule has 0 fully saturated rings. The molecule has 0 saturated carbocycles. The summed E-state index contributed by atoms with van der Waals surface area (Å²) in [6, 6.07) is 0. The summed E-state index contributed by atoms with van der Waals surface area (Å²) >= 11 is 0. The topological polar surface area (TPSA) is 87.0 Å². The summed E-state index contributed by atoms with van der Waals surface area (Å²) in [6.45, 7) is -0.772. The monoisotopic (exact) mass is 164 g/mol. The van der Waals surface area contributed by atoms with E-state index in [1.54, 1.807) is 0 Å². The maximum absolute atomic E-state index is 10.6. The zero-order valence-corrected chi connectivity index (χ0v) is 6.06. The molecule has 1 atom stereocenters. The van der Waals surface area contributed by atoms with Crippen molar-refractivity contribution >= 4 is 5.97 Å². The Balaban J connectivity index is 3.36. The van der Waals surface area contributed by atoms with Crippen LogP contribution >= 0.6 is 0 Å². The van der Waals surface area contributed by atoms with E-state index in [9.17, 15) is 4.79 Å². The summed E-state index contributed by atoms with van der Waals surface area (Å²) in [4.78, 5) is 10.6. The van der Waals surface area contributed by atoms with E-state index < -0.39 is 18.7 Å². The fourth-order valence-corrected chi connectivity index (χ4v) is 0.475. The van der Waals surface area contributed by atoms with Crippen molar-refractivity contribution in [3.05, 3.63) is 0 Å². The molecule has 0 radical (unpaired) electrons. The fraction of sp³-hybridized carbons (Fsp3) is 0.833. The van der Waals surface area contributed by atoms with Gasteiger partial charge in [-0.1, -0.05) is 0 Å². The highest BCUT2D eigenvalue weighted by Crippen LogP contribution is 1.92. The minimum atomic E-state index is -1.07. The standard InChI is InChI=1S/C6H12O5/c7-1-2-11-6(10)3-5(9)4-8/h5,7-9H,1-4H2. The first kappa shape index (κ1) is 10.3. The van der Waals surface area contributed by atoms with Gasteiger partial charge in [0.15, 0.2) is 0 Å². The normalized spacial score (nSPS) is 12.6. The Morgan fingerprint density at radius 3 is 2.55 bits per heavy atom. The Morgan fingerprint density at radius 2 is 2.09 bits per heavy atom. The van der Waals surface area contributed by atoms with Crippen LogP contribution in [-0.2, 0) is 9.53 Å². The molecule has 0 amide bonds. The van der Waals surface area contributed by atoms with E-state index in [0.29, 0.717) is 0 Å². The lowest BCUT2D eigenvalue weighted by atomic mass is 10.3. The fourth-order valence-electron chi connectivity index (χ4n) is 0.475. The molecule has 0 aromatic rings. The van der Waals surface area contributed by atoms with E-state index in [1.165, 1.54) is 0 Å². The zero-order valence-electron chi connectivity index (χ0n) is 6.06. The van der Waals surface area contributed by atoms with Gasteiger partial charge in [-0.25, -0.2) is 0 Å². The summed E-state index contributed by atoms with van der Waals surface area (Å²) in [5, 5.41) is 25.2. The van der Waals surface area contributed by atoms with Crippen LogP contribution in [0.15, 0.2) is 0 Å². The molecule has 0 aliphatic heterocycles. The van der Waals surface area contributed by atoms with Crippen LogP contribution in [0.2, 0.25) is 0 Å². The van der Waals surface area contributed by atoms with Crippen molar-refractivity contribution in [2.24, 2.45) is 0 Å². The lowest BCUT2D eigenvalue weighted by Crippen LogP contribution is -2.19. The summed E-state index contributed by atoms with van der Waals surface area (Å²) in [7, 11) is 0. The average Bonchev–Trinajstić information content (AvgIpc) is 2.00. The number of carbonyl (C=O) groups is 1. The van der Waals surface area contributed by atoms with E-state index in [-0.39, 0.29) is 19.6 Å². The van der Waals surface area contributed by atoms with Crippen LogP contribution < -0.4 is 0 Å². The van der Waals surface area contributed by atoms with Gasteiger partial charge in [0, 0.05) is 0 Å². The van der Waals surface area contributed by atoms with Crippen LogP contribution in [0.1, 0.15) is 6.42 Å². The van der Waals surface area contributed by atoms with Crippen LogP contribution in [0.4, 0.5) is 0 Å². The van der Waals surface area contributed by atoms with Crippen molar-refractivity contribution in [1.82, 2.24) is 0 Å². The van der Waals surface area contributed by atoms with Gasteiger partial charge in [-0.3, -0.25) is 4.79 Å². The molecular weight excluding hydrogens is 152 g/mol. The quantitative estimate of drug-likeness (QED) is 0.420. The van der Waals surface area contributed by atoms with Gasteiger partial charge in [0.1, 0.15) is 6.61 Å².